The van der Waals surface area contributed by atoms with E-state index in [4.69, 9.17) is 9.47 Å². The van der Waals surface area contributed by atoms with Gasteiger partial charge in [0, 0.05) is 30.4 Å². The van der Waals surface area contributed by atoms with E-state index in [2.05, 4.69) is 23.3 Å². The van der Waals surface area contributed by atoms with Gasteiger partial charge in [-0.25, -0.2) is 0 Å². The number of amides is 2. The fourth-order valence-corrected chi connectivity index (χ4v) is 5.32. The van der Waals surface area contributed by atoms with E-state index in [0.29, 0.717) is 25.4 Å². The lowest BCUT2D eigenvalue weighted by atomic mass is 10.1. The molecule has 0 unspecified atom stereocenters. The van der Waals surface area contributed by atoms with Crippen LogP contribution in [0.15, 0.2) is 29.6 Å². The zero-order valence-corrected chi connectivity index (χ0v) is 21.2. The number of hydrogen-bond acceptors (Lipinski definition) is 6. The van der Waals surface area contributed by atoms with Crippen LogP contribution in [-0.4, -0.2) is 66.0 Å². The van der Waals surface area contributed by atoms with Crippen molar-refractivity contribution in [1.82, 2.24) is 14.7 Å². The number of nitrogens with zero attached hydrogens (tertiary/aromatic N) is 3. The summed E-state index contributed by atoms with van der Waals surface area (Å²) in [5, 5.41) is 2.05. The van der Waals surface area contributed by atoms with Gasteiger partial charge < -0.3 is 24.2 Å². The van der Waals surface area contributed by atoms with Gasteiger partial charge in [-0.1, -0.05) is 19.9 Å². The highest BCUT2D eigenvalue weighted by atomic mass is 32.1. The molecule has 0 saturated carbocycles. The standard InChI is InChI=1S/C26H35N3O4S/c1-19(2)26(31)28(12-11-27-9-4-5-10-27)17-25(30)29(16-24-20(3)8-13-34-24)15-21-6-7-22-23(14-21)33-18-32-22/h6-8,13-14,19H,4-5,9-12,15-18H2,1-3H3. The van der Waals surface area contributed by atoms with E-state index in [1.165, 1.54) is 18.4 Å². The fraction of sp³-hybridized carbons (Fsp3) is 0.538. The van der Waals surface area contributed by atoms with Crippen molar-refractivity contribution in [3.8, 4) is 11.5 Å². The first kappa shape index (κ1) is 24.5. The summed E-state index contributed by atoms with van der Waals surface area (Å²) in [6, 6.07) is 7.88. The van der Waals surface area contributed by atoms with Gasteiger partial charge in [0.25, 0.3) is 0 Å². The quantitative estimate of drug-likeness (QED) is 0.511. The zero-order valence-electron chi connectivity index (χ0n) is 20.4. The van der Waals surface area contributed by atoms with Crippen molar-refractivity contribution in [2.75, 3.05) is 39.5 Å². The Morgan fingerprint density at radius 1 is 1.06 bits per heavy atom. The molecule has 2 aliphatic heterocycles. The summed E-state index contributed by atoms with van der Waals surface area (Å²) in [5.74, 6) is 1.28. The SMILES string of the molecule is Cc1ccsc1CN(Cc1ccc2c(c1)OCO2)C(=O)CN(CCN1CCCC1)C(=O)C(C)C. The number of benzene rings is 1. The molecule has 34 heavy (non-hydrogen) atoms. The van der Waals surface area contributed by atoms with Crippen LogP contribution in [0.2, 0.25) is 0 Å². The molecule has 2 aliphatic rings. The van der Waals surface area contributed by atoms with E-state index in [-0.39, 0.29) is 31.1 Å². The first-order chi connectivity index (χ1) is 16.4. The Bertz CT molecular complexity index is 1000. The second-order valence-corrected chi connectivity index (χ2v) is 10.4. The third kappa shape index (κ3) is 6.10. The normalized spacial score (nSPS) is 15.2. The van der Waals surface area contributed by atoms with Crippen molar-refractivity contribution < 1.29 is 19.1 Å². The van der Waals surface area contributed by atoms with Gasteiger partial charge in [0.15, 0.2) is 11.5 Å². The molecule has 1 aromatic heterocycles. The number of carbonyl (C=O) groups is 2. The molecule has 0 radical (unpaired) electrons. The minimum Gasteiger partial charge on any atom is -0.454 e. The third-order valence-electron chi connectivity index (χ3n) is 6.48. The Labute approximate surface area is 206 Å². The zero-order chi connectivity index (χ0) is 24.1. The second kappa shape index (κ2) is 11.2. The minimum atomic E-state index is -0.145. The lowest BCUT2D eigenvalue weighted by Crippen LogP contribution is -2.46. The van der Waals surface area contributed by atoms with Gasteiger partial charge in [-0.05, 0) is 67.6 Å². The van der Waals surface area contributed by atoms with Crippen LogP contribution in [0, 0.1) is 12.8 Å². The smallest absolute Gasteiger partial charge is 0.242 e. The van der Waals surface area contributed by atoms with Crippen LogP contribution in [0.5, 0.6) is 11.5 Å². The van der Waals surface area contributed by atoms with Crippen molar-refractivity contribution in [2.45, 2.75) is 46.7 Å². The highest BCUT2D eigenvalue weighted by molar-refractivity contribution is 7.10. The Morgan fingerprint density at radius 2 is 1.82 bits per heavy atom. The van der Waals surface area contributed by atoms with Gasteiger partial charge >= 0.3 is 0 Å². The number of likely N-dealkylation sites (tertiary alicyclic amines) is 1. The molecule has 0 spiro atoms. The number of fused-ring (bicyclic) bond motifs is 1. The lowest BCUT2D eigenvalue weighted by molar-refractivity contribution is -0.143. The Hall–Kier alpha value is -2.58. The Balaban J connectivity index is 1.49. The summed E-state index contributed by atoms with van der Waals surface area (Å²) < 4.78 is 11.0. The molecule has 3 heterocycles. The molecule has 1 aromatic carbocycles. The predicted molar refractivity (Wildman–Crippen MR) is 133 cm³/mol. The molecule has 1 fully saturated rings. The van der Waals surface area contributed by atoms with Gasteiger partial charge in [-0.15, -0.1) is 11.3 Å². The molecule has 2 aromatic rings. The van der Waals surface area contributed by atoms with E-state index in [0.717, 1.165) is 35.8 Å². The molecule has 0 aliphatic carbocycles. The summed E-state index contributed by atoms with van der Waals surface area (Å²) >= 11 is 1.66. The second-order valence-electron chi connectivity index (χ2n) is 9.43. The molecule has 0 bridgehead atoms. The van der Waals surface area contributed by atoms with Crippen molar-refractivity contribution in [1.29, 1.82) is 0 Å². The van der Waals surface area contributed by atoms with Gasteiger partial charge in [0.1, 0.15) is 0 Å². The van der Waals surface area contributed by atoms with Crippen LogP contribution >= 0.6 is 11.3 Å². The Kier molecular flexibility index (Phi) is 8.11. The monoisotopic (exact) mass is 485 g/mol. The van der Waals surface area contributed by atoms with E-state index < -0.39 is 0 Å². The molecule has 0 atom stereocenters. The number of hydrogen-bond donors (Lipinski definition) is 0. The summed E-state index contributed by atoms with van der Waals surface area (Å²) in [5.41, 5.74) is 2.16. The molecule has 8 heteroatoms. The van der Waals surface area contributed by atoms with E-state index in [9.17, 15) is 9.59 Å². The number of thiophene rings is 1. The predicted octanol–water partition coefficient (Wildman–Crippen LogP) is 3.89. The highest BCUT2D eigenvalue weighted by Crippen LogP contribution is 2.33. The molecule has 184 valence electrons. The minimum absolute atomic E-state index is 0.0304. The van der Waals surface area contributed by atoms with Crippen molar-refractivity contribution >= 4 is 23.2 Å². The van der Waals surface area contributed by atoms with E-state index in [1.807, 2.05) is 36.9 Å². The molecule has 4 rings (SSSR count). The molecule has 1 saturated heterocycles. The van der Waals surface area contributed by atoms with Crippen LogP contribution in [0.25, 0.3) is 0 Å². The molecular weight excluding hydrogens is 450 g/mol. The molecule has 7 nitrogen and oxygen atoms in total. The number of ether oxygens (including phenoxy) is 2. The Morgan fingerprint density at radius 3 is 2.53 bits per heavy atom. The summed E-state index contributed by atoms with van der Waals surface area (Å²) in [4.78, 5) is 33.7. The summed E-state index contributed by atoms with van der Waals surface area (Å²) in [6.07, 6.45) is 2.42. The van der Waals surface area contributed by atoms with Crippen LogP contribution in [-0.2, 0) is 22.7 Å². The van der Waals surface area contributed by atoms with Gasteiger partial charge in [-0.2, -0.15) is 0 Å². The summed E-state index contributed by atoms with van der Waals surface area (Å²) in [6.45, 7) is 10.7. The van der Waals surface area contributed by atoms with Crippen molar-refractivity contribution in [2.24, 2.45) is 5.92 Å². The molecule has 0 N–H and O–H groups in total. The maximum Gasteiger partial charge on any atom is 0.242 e. The number of aryl methyl sites for hydroxylation is 1. The van der Waals surface area contributed by atoms with Gasteiger partial charge in [-0.3, -0.25) is 9.59 Å². The van der Waals surface area contributed by atoms with Crippen LogP contribution in [0.3, 0.4) is 0 Å². The summed E-state index contributed by atoms with van der Waals surface area (Å²) in [7, 11) is 0. The molecular formula is C26H35N3O4S. The third-order valence-corrected chi connectivity index (χ3v) is 7.49. The van der Waals surface area contributed by atoms with Crippen LogP contribution in [0.4, 0.5) is 0 Å². The van der Waals surface area contributed by atoms with E-state index >= 15 is 0 Å². The van der Waals surface area contributed by atoms with Crippen LogP contribution in [0.1, 0.15) is 42.7 Å². The first-order valence-electron chi connectivity index (χ1n) is 12.1. The topological polar surface area (TPSA) is 62.3 Å². The van der Waals surface area contributed by atoms with E-state index in [1.54, 1.807) is 16.2 Å². The average Bonchev–Trinajstić information content (AvgIpc) is 3.58. The molecule has 2 amide bonds. The number of carbonyl (C=O) groups excluding carboxylic acids is 2. The lowest BCUT2D eigenvalue weighted by Gasteiger charge is -2.30. The maximum atomic E-state index is 13.6. The average molecular weight is 486 g/mol. The first-order valence-corrected chi connectivity index (χ1v) is 13.0. The van der Waals surface area contributed by atoms with Crippen LogP contribution < -0.4 is 9.47 Å². The van der Waals surface area contributed by atoms with Gasteiger partial charge in [0.05, 0.1) is 13.1 Å². The van der Waals surface area contributed by atoms with Crippen molar-refractivity contribution in [3.63, 3.8) is 0 Å². The highest BCUT2D eigenvalue weighted by Gasteiger charge is 2.25. The number of rotatable bonds is 10. The maximum absolute atomic E-state index is 13.6. The largest absolute Gasteiger partial charge is 0.454 e. The van der Waals surface area contributed by atoms with Gasteiger partial charge in [0.2, 0.25) is 18.6 Å². The van der Waals surface area contributed by atoms with Crippen molar-refractivity contribution in [3.05, 3.63) is 45.6 Å². The fourth-order valence-electron chi connectivity index (χ4n) is 4.40.